The number of hydrogen-bond donors (Lipinski definition) is 0. The van der Waals surface area contributed by atoms with Gasteiger partial charge in [0.15, 0.2) is 5.76 Å². The molecule has 0 aliphatic heterocycles. The van der Waals surface area contributed by atoms with E-state index >= 15 is 0 Å². The number of carbonyl (C=O) groups is 1. The van der Waals surface area contributed by atoms with Gasteiger partial charge in [-0.2, -0.15) is 0 Å². The maximum Gasteiger partial charge on any atom is 0.289 e. The number of amides is 1. The number of benzene rings is 1. The Hall–Kier alpha value is -2.14. The molecule has 2 heterocycles. The molecular weight excluding hydrogens is 344 g/mol. The molecule has 0 aliphatic carbocycles. The SMILES string of the molecule is Cc1c(C(=O)N(C)Cc2ccccn2)oc2ccc(Br)cc12. The lowest BCUT2D eigenvalue weighted by Crippen LogP contribution is -2.26. The fourth-order valence-corrected chi connectivity index (χ4v) is 2.74. The van der Waals surface area contributed by atoms with Crippen molar-refractivity contribution in [2.45, 2.75) is 13.5 Å². The Labute approximate surface area is 136 Å². The highest BCUT2D eigenvalue weighted by Crippen LogP contribution is 2.28. The molecule has 3 rings (SSSR count). The molecular formula is C17H15BrN2O2. The Morgan fingerprint density at radius 3 is 2.86 bits per heavy atom. The first-order chi connectivity index (χ1) is 10.6. The average molecular weight is 359 g/mol. The summed E-state index contributed by atoms with van der Waals surface area (Å²) in [5, 5.41) is 0.948. The molecule has 0 N–H and O–H groups in total. The van der Waals surface area contributed by atoms with Gasteiger partial charge in [0, 0.05) is 28.7 Å². The Kier molecular flexibility index (Phi) is 3.98. The smallest absolute Gasteiger partial charge is 0.289 e. The van der Waals surface area contributed by atoms with Crippen molar-refractivity contribution in [1.82, 2.24) is 9.88 Å². The first-order valence-electron chi connectivity index (χ1n) is 6.90. The molecule has 0 spiro atoms. The average Bonchev–Trinajstić information content (AvgIpc) is 2.84. The van der Waals surface area contributed by atoms with E-state index in [2.05, 4.69) is 20.9 Å². The second kappa shape index (κ2) is 5.93. The minimum atomic E-state index is -0.143. The monoisotopic (exact) mass is 358 g/mol. The Bertz CT molecular complexity index is 827. The first kappa shape index (κ1) is 14.8. The molecule has 0 saturated carbocycles. The molecule has 0 atom stereocenters. The lowest BCUT2D eigenvalue weighted by atomic mass is 10.1. The molecule has 5 heteroatoms. The van der Waals surface area contributed by atoms with Crippen LogP contribution >= 0.6 is 15.9 Å². The molecule has 4 nitrogen and oxygen atoms in total. The zero-order valence-electron chi connectivity index (χ0n) is 12.3. The van der Waals surface area contributed by atoms with Gasteiger partial charge in [-0.3, -0.25) is 9.78 Å². The van der Waals surface area contributed by atoms with E-state index in [4.69, 9.17) is 4.42 Å². The van der Waals surface area contributed by atoms with E-state index in [0.29, 0.717) is 12.3 Å². The van der Waals surface area contributed by atoms with Crippen LogP contribution in [0.2, 0.25) is 0 Å². The van der Waals surface area contributed by atoms with Gasteiger partial charge in [0.1, 0.15) is 5.58 Å². The van der Waals surface area contributed by atoms with Crippen molar-refractivity contribution < 1.29 is 9.21 Å². The molecule has 0 radical (unpaired) electrons. The number of nitrogens with zero attached hydrogens (tertiary/aromatic N) is 2. The van der Waals surface area contributed by atoms with Gasteiger partial charge in [-0.05, 0) is 37.3 Å². The number of pyridine rings is 1. The minimum absolute atomic E-state index is 0.143. The third-order valence-electron chi connectivity index (χ3n) is 3.56. The highest BCUT2D eigenvalue weighted by Gasteiger charge is 2.21. The maximum atomic E-state index is 12.6. The molecule has 22 heavy (non-hydrogen) atoms. The van der Waals surface area contributed by atoms with Crippen LogP contribution in [0.4, 0.5) is 0 Å². The topological polar surface area (TPSA) is 46.3 Å². The molecule has 3 aromatic rings. The Balaban J connectivity index is 1.90. The summed E-state index contributed by atoms with van der Waals surface area (Å²) in [7, 11) is 1.75. The van der Waals surface area contributed by atoms with E-state index in [9.17, 15) is 4.79 Å². The number of hydrogen-bond acceptors (Lipinski definition) is 3. The Morgan fingerprint density at radius 1 is 1.32 bits per heavy atom. The summed E-state index contributed by atoms with van der Waals surface area (Å²) < 4.78 is 6.70. The molecule has 0 aliphatic rings. The van der Waals surface area contributed by atoms with Crippen molar-refractivity contribution in [1.29, 1.82) is 0 Å². The molecule has 1 amide bonds. The Morgan fingerprint density at radius 2 is 2.14 bits per heavy atom. The quantitative estimate of drug-likeness (QED) is 0.705. The van der Waals surface area contributed by atoms with Crippen molar-refractivity contribution >= 4 is 32.8 Å². The van der Waals surface area contributed by atoms with Gasteiger partial charge in [-0.25, -0.2) is 0 Å². The number of rotatable bonds is 3. The van der Waals surface area contributed by atoms with E-state index in [0.717, 1.165) is 26.7 Å². The summed E-state index contributed by atoms with van der Waals surface area (Å²) in [6.07, 6.45) is 1.72. The lowest BCUT2D eigenvalue weighted by Gasteiger charge is -2.15. The summed E-state index contributed by atoms with van der Waals surface area (Å²) in [4.78, 5) is 18.5. The molecule has 2 aromatic heterocycles. The third kappa shape index (κ3) is 2.76. The number of furan rings is 1. The first-order valence-corrected chi connectivity index (χ1v) is 7.69. The lowest BCUT2D eigenvalue weighted by molar-refractivity contribution is 0.0753. The summed E-state index contributed by atoms with van der Waals surface area (Å²) in [5.41, 5.74) is 2.42. The van der Waals surface area contributed by atoms with Crippen LogP contribution in [0.3, 0.4) is 0 Å². The normalized spacial score (nSPS) is 10.9. The van der Waals surface area contributed by atoms with Crippen molar-refractivity contribution in [2.24, 2.45) is 0 Å². The minimum Gasteiger partial charge on any atom is -0.451 e. The number of aryl methyl sites for hydroxylation is 1. The van der Waals surface area contributed by atoms with Crippen LogP contribution in [0.15, 0.2) is 51.5 Å². The van der Waals surface area contributed by atoms with Crippen LogP contribution in [-0.2, 0) is 6.54 Å². The van der Waals surface area contributed by atoms with Gasteiger partial charge < -0.3 is 9.32 Å². The van der Waals surface area contributed by atoms with E-state index in [1.54, 1.807) is 18.1 Å². The fourth-order valence-electron chi connectivity index (χ4n) is 2.38. The zero-order chi connectivity index (χ0) is 15.7. The highest BCUT2D eigenvalue weighted by atomic mass is 79.9. The molecule has 0 unspecified atom stereocenters. The van der Waals surface area contributed by atoms with Gasteiger partial charge >= 0.3 is 0 Å². The van der Waals surface area contributed by atoms with Crippen LogP contribution in [0.25, 0.3) is 11.0 Å². The molecule has 0 bridgehead atoms. The highest BCUT2D eigenvalue weighted by molar-refractivity contribution is 9.10. The van der Waals surface area contributed by atoms with Gasteiger partial charge in [-0.15, -0.1) is 0 Å². The van der Waals surface area contributed by atoms with Crippen molar-refractivity contribution in [3.8, 4) is 0 Å². The molecule has 0 fully saturated rings. The van der Waals surface area contributed by atoms with Crippen LogP contribution in [0.1, 0.15) is 21.8 Å². The third-order valence-corrected chi connectivity index (χ3v) is 4.06. The van der Waals surface area contributed by atoms with Gasteiger partial charge in [0.25, 0.3) is 5.91 Å². The maximum absolute atomic E-state index is 12.6. The van der Waals surface area contributed by atoms with E-state index < -0.39 is 0 Å². The molecule has 112 valence electrons. The summed E-state index contributed by atoms with van der Waals surface area (Å²) >= 11 is 3.44. The van der Waals surface area contributed by atoms with E-state index in [1.165, 1.54) is 0 Å². The number of halogens is 1. The number of aromatic nitrogens is 1. The summed E-state index contributed by atoms with van der Waals surface area (Å²) in [6, 6.07) is 11.4. The van der Waals surface area contributed by atoms with Crippen LogP contribution in [0.5, 0.6) is 0 Å². The number of carbonyl (C=O) groups excluding carboxylic acids is 1. The predicted octanol–water partition coefficient (Wildman–Crippen LogP) is 4.17. The zero-order valence-corrected chi connectivity index (χ0v) is 13.9. The summed E-state index contributed by atoms with van der Waals surface area (Å²) in [6.45, 7) is 2.35. The fraction of sp³-hybridized carbons (Fsp3) is 0.176. The standard InChI is InChI=1S/C17H15BrN2O2/c1-11-14-9-12(18)6-7-15(14)22-16(11)17(21)20(2)10-13-5-3-4-8-19-13/h3-9H,10H2,1-2H3. The largest absolute Gasteiger partial charge is 0.451 e. The van der Waals surface area contributed by atoms with Crippen LogP contribution < -0.4 is 0 Å². The molecule has 1 aromatic carbocycles. The van der Waals surface area contributed by atoms with Crippen molar-refractivity contribution in [3.63, 3.8) is 0 Å². The van der Waals surface area contributed by atoms with E-state index in [1.807, 2.05) is 43.3 Å². The van der Waals surface area contributed by atoms with E-state index in [-0.39, 0.29) is 5.91 Å². The second-order valence-corrected chi connectivity index (χ2v) is 6.09. The summed E-state index contributed by atoms with van der Waals surface area (Å²) in [5.74, 6) is 0.238. The van der Waals surface area contributed by atoms with Crippen molar-refractivity contribution in [3.05, 3.63) is 64.1 Å². The van der Waals surface area contributed by atoms with Gasteiger partial charge in [0.05, 0.1) is 12.2 Å². The molecule has 0 saturated heterocycles. The second-order valence-electron chi connectivity index (χ2n) is 5.18. The van der Waals surface area contributed by atoms with Gasteiger partial charge in [-0.1, -0.05) is 22.0 Å². The van der Waals surface area contributed by atoms with Crippen LogP contribution in [0, 0.1) is 6.92 Å². The van der Waals surface area contributed by atoms with Gasteiger partial charge in [0.2, 0.25) is 0 Å². The van der Waals surface area contributed by atoms with Crippen LogP contribution in [-0.4, -0.2) is 22.8 Å². The number of fused-ring (bicyclic) bond motifs is 1. The van der Waals surface area contributed by atoms with Crippen molar-refractivity contribution in [2.75, 3.05) is 7.05 Å². The predicted molar refractivity (Wildman–Crippen MR) is 88.7 cm³/mol.